The number of hydrogen-bond acceptors (Lipinski definition) is 3. The first kappa shape index (κ1) is 11.1. The molecule has 86 valence electrons. The number of aliphatic carboxylic acids is 1. The number of carboxylic acids is 1. The van der Waals surface area contributed by atoms with Gasteiger partial charge in [-0.1, -0.05) is 0 Å². The Balaban J connectivity index is 2.05. The van der Waals surface area contributed by atoms with E-state index in [0.29, 0.717) is 18.7 Å². The van der Waals surface area contributed by atoms with Crippen LogP contribution in [0.4, 0.5) is 0 Å². The fourth-order valence-electron chi connectivity index (χ4n) is 1.81. The van der Waals surface area contributed by atoms with E-state index >= 15 is 0 Å². The highest BCUT2D eigenvalue weighted by Gasteiger charge is 2.36. The summed E-state index contributed by atoms with van der Waals surface area (Å²) in [5.41, 5.74) is 0.714. The first-order valence-electron chi connectivity index (χ1n) is 5.08. The van der Waals surface area contributed by atoms with Crippen molar-refractivity contribution < 1.29 is 14.7 Å². The number of likely N-dealkylation sites (tertiary alicyclic amines) is 1. The van der Waals surface area contributed by atoms with Gasteiger partial charge in [-0.05, 0) is 19.9 Å². The van der Waals surface area contributed by atoms with E-state index in [0.717, 1.165) is 9.75 Å². The molecule has 0 saturated carbocycles. The van der Waals surface area contributed by atoms with E-state index in [2.05, 4.69) is 0 Å². The van der Waals surface area contributed by atoms with Crippen LogP contribution in [0.3, 0.4) is 0 Å². The molecule has 0 radical (unpaired) electrons. The van der Waals surface area contributed by atoms with Crippen LogP contribution in [0, 0.1) is 19.8 Å². The Kier molecular flexibility index (Phi) is 2.71. The smallest absolute Gasteiger partial charge is 0.310 e. The van der Waals surface area contributed by atoms with Crippen molar-refractivity contribution in [1.82, 2.24) is 4.90 Å². The van der Waals surface area contributed by atoms with Gasteiger partial charge >= 0.3 is 5.97 Å². The van der Waals surface area contributed by atoms with Gasteiger partial charge in [-0.3, -0.25) is 9.59 Å². The minimum Gasteiger partial charge on any atom is -0.481 e. The minimum atomic E-state index is -0.817. The lowest BCUT2D eigenvalue weighted by atomic mass is 9.99. The number of thiophene rings is 1. The van der Waals surface area contributed by atoms with Gasteiger partial charge in [0.1, 0.15) is 0 Å². The maximum atomic E-state index is 12.0. The lowest BCUT2D eigenvalue weighted by Gasteiger charge is -2.36. The molecule has 0 unspecified atom stereocenters. The third kappa shape index (κ3) is 1.82. The van der Waals surface area contributed by atoms with E-state index in [4.69, 9.17) is 5.11 Å². The van der Waals surface area contributed by atoms with Crippen molar-refractivity contribution in [1.29, 1.82) is 0 Å². The standard InChI is InChI=1S/C11H13NO3S/c1-6-3-9(7(2)16-6)10(13)12-4-8(5-12)11(14)15/h3,8H,4-5H2,1-2H3,(H,14,15). The van der Waals surface area contributed by atoms with Gasteiger partial charge in [-0.2, -0.15) is 0 Å². The number of rotatable bonds is 2. The molecular weight excluding hydrogens is 226 g/mol. The summed E-state index contributed by atoms with van der Waals surface area (Å²) in [6.45, 7) is 4.55. The van der Waals surface area contributed by atoms with Gasteiger partial charge in [0, 0.05) is 22.8 Å². The molecule has 1 N–H and O–H groups in total. The van der Waals surface area contributed by atoms with Crippen LogP contribution in [0.2, 0.25) is 0 Å². The number of carbonyl (C=O) groups is 2. The molecule has 0 bridgehead atoms. The van der Waals surface area contributed by atoms with E-state index < -0.39 is 5.97 Å². The van der Waals surface area contributed by atoms with Crippen LogP contribution in [0.5, 0.6) is 0 Å². The first-order valence-corrected chi connectivity index (χ1v) is 5.90. The Labute approximate surface area is 97.5 Å². The molecule has 2 heterocycles. The monoisotopic (exact) mass is 239 g/mol. The zero-order valence-electron chi connectivity index (χ0n) is 9.19. The van der Waals surface area contributed by atoms with Crippen molar-refractivity contribution in [2.75, 3.05) is 13.1 Å². The number of nitrogens with zero attached hydrogens (tertiary/aromatic N) is 1. The zero-order chi connectivity index (χ0) is 11.9. The summed E-state index contributed by atoms with van der Waals surface area (Å²) in [4.78, 5) is 26.3. The highest BCUT2D eigenvalue weighted by molar-refractivity contribution is 7.12. The van der Waals surface area contributed by atoms with Gasteiger partial charge in [0.05, 0.1) is 11.5 Å². The highest BCUT2D eigenvalue weighted by Crippen LogP contribution is 2.25. The predicted molar refractivity (Wildman–Crippen MR) is 60.8 cm³/mol. The molecule has 1 aliphatic rings. The Morgan fingerprint density at radius 1 is 1.44 bits per heavy atom. The lowest BCUT2D eigenvalue weighted by molar-refractivity contribution is -0.146. The van der Waals surface area contributed by atoms with Gasteiger partial charge in [0.2, 0.25) is 0 Å². The summed E-state index contributed by atoms with van der Waals surface area (Å²) in [7, 11) is 0. The van der Waals surface area contributed by atoms with Crippen molar-refractivity contribution >= 4 is 23.2 Å². The summed E-state index contributed by atoms with van der Waals surface area (Å²) < 4.78 is 0. The molecular formula is C11H13NO3S. The van der Waals surface area contributed by atoms with Gasteiger partial charge in [-0.15, -0.1) is 11.3 Å². The molecule has 1 fully saturated rings. The Hall–Kier alpha value is -1.36. The fourth-order valence-corrected chi connectivity index (χ4v) is 2.73. The molecule has 1 amide bonds. The van der Waals surface area contributed by atoms with Crippen molar-refractivity contribution in [3.05, 3.63) is 21.4 Å². The number of carbonyl (C=O) groups excluding carboxylic acids is 1. The third-order valence-electron chi connectivity index (χ3n) is 2.79. The van der Waals surface area contributed by atoms with E-state index in [1.54, 1.807) is 16.2 Å². The molecule has 1 aromatic rings. The van der Waals surface area contributed by atoms with Crippen LogP contribution in [-0.4, -0.2) is 35.0 Å². The van der Waals surface area contributed by atoms with Crippen molar-refractivity contribution in [2.24, 2.45) is 5.92 Å². The zero-order valence-corrected chi connectivity index (χ0v) is 10.0. The van der Waals surface area contributed by atoms with Crippen LogP contribution in [0.1, 0.15) is 20.1 Å². The molecule has 5 heteroatoms. The molecule has 16 heavy (non-hydrogen) atoms. The normalized spacial score (nSPS) is 16.0. The number of amides is 1. The minimum absolute atomic E-state index is 0.0423. The third-order valence-corrected chi connectivity index (χ3v) is 3.76. The Morgan fingerprint density at radius 2 is 2.06 bits per heavy atom. The SMILES string of the molecule is Cc1cc(C(=O)N2CC(C(=O)O)C2)c(C)s1. The second-order valence-corrected chi connectivity index (χ2v) is 5.53. The summed E-state index contributed by atoms with van der Waals surface area (Å²) in [5.74, 6) is -1.24. The second-order valence-electron chi connectivity index (χ2n) is 4.07. The first-order chi connectivity index (χ1) is 7.49. The van der Waals surface area contributed by atoms with E-state index in [-0.39, 0.29) is 11.8 Å². The van der Waals surface area contributed by atoms with Crippen LogP contribution in [0.25, 0.3) is 0 Å². The second kappa shape index (κ2) is 3.90. The maximum absolute atomic E-state index is 12.0. The number of aryl methyl sites for hydroxylation is 2. The summed E-state index contributed by atoms with van der Waals surface area (Å²) >= 11 is 1.59. The van der Waals surface area contributed by atoms with Crippen LogP contribution in [-0.2, 0) is 4.79 Å². The molecule has 1 aromatic heterocycles. The molecule has 0 aliphatic carbocycles. The molecule has 0 atom stereocenters. The highest BCUT2D eigenvalue weighted by atomic mass is 32.1. The van der Waals surface area contributed by atoms with E-state index in [1.807, 2.05) is 19.9 Å². The molecule has 0 aromatic carbocycles. The summed E-state index contributed by atoms with van der Waals surface area (Å²) in [6, 6.07) is 1.87. The number of carboxylic acid groups (broad SMARTS) is 1. The molecule has 4 nitrogen and oxygen atoms in total. The van der Waals surface area contributed by atoms with Crippen LogP contribution < -0.4 is 0 Å². The lowest BCUT2D eigenvalue weighted by Crippen LogP contribution is -2.53. The van der Waals surface area contributed by atoms with Crippen molar-refractivity contribution in [2.45, 2.75) is 13.8 Å². The maximum Gasteiger partial charge on any atom is 0.310 e. The van der Waals surface area contributed by atoms with Gasteiger partial charge < -0.3 is 10.0 Å². The van der Waals surface area contributed by atoms with Gasteiger partial charge in [-0.25, -0.2) is 0 Å². The number of hydrogen-bond donors (Lipinski definition) is 1. The van der Waals surface area contributed by atoms with Gasteiger partial charge in [0.15, 0.2) is 0 Å². The summed E-state index contributed by atoms with van der Waals surface area (Å²) in [6.07, 6.45) is 0. The van der Waals surface area contributed by atoms with E-state index in [1.165, 1.54) is 0 Å². The summed E-state index contributed by atoms with van der Waals surface area (Å²) in [5, 5.41) is 8.73. The average molecular weight is 239 g/mol. The topological polar surface area (TPSA) is 57.6 Å². The Morgan fingerprint density at radius 3 is 2.50 bits per heavy atom. The van der Waals surface area contributed by atoms with Crippen molar-refractivity contribution in [3.8, 4) is 0 Å². The average Bonchev–Trinajstić information content (AvgIpc) is 2.41. The van der Waals surface area contributed by atoms with Crippen LogP contribution in [0.15, 0.2) is 6.07 Å². The molecule has 2 rings (SSSR count). The largest absolute Gasteiger partial charge is 0.481 e. The van der Waals surface area contributed by atoms with E-state index in [9.17, 15) is 9.59 Å². The Bertz CT molecular complexity index is 446. The fraction of sp³-hybridized carbons (Fsp3) is 0.455. The predicted octanol–water partition coefficient (Wildman–Crippen LogP) is 1.52. The van der Waals surface area contributed by atoms with Crippen LogP contribution >= 0.6 is 11.3 Å². The molecule has 0 spiro atoms. The van der Waals surface area contributed by atoms with Gasteiger partial charge in [0.25, 0.3) is 5.91 Å². The quantitative estimate of drug-likeness (QED) is 0.851. The van der Waals surface area contributed by atoms with Crippen molar-refractivity contribution in [3.63, 3.8) is 0 Å². The molecule has 1 saturated heterocycles. The molecule has 1 aliphatic heterocycles.